The highest BCUT2D eigenvalue weighted by atomic mass is 16.6. The van der Waals surface area contributed by atoms with E-state index < -0.39 is 5.60 Å². The minimum absolute atomic E-state index is 0.0622. The van der Waals surface area contributed by atoms with E-state index in [2.05, 4.69) is 13.8 Å². The quantitative estimate of drug-likeness (QED) is 0.721. The molecule has 7 heteroatoms. The van der Waals surface area contributed by atoms with Crippen molar-refractivity contribution in [2.75, 3.05) is 32.9 Å². The van der Waals surface area contributed by atoms with Crippen molar-refractivity contribution in [3.05, 3.63) is 24.3 Å². The van der Waals surface area contributed by atoms with E-state index in [1.807, 2.05) is 45.0 Å². The number of amides is 1. The van der Waals surface area contributed by atoms with Crippen LogP contribution in [0.1, 0.15) is 47.5 Å². The fourth-order valence-corrected chi connectivity index (χ4v) is 3.51. The molecule has 1 atom stereocenters. The predicted octanol–water partition coefficient (Wildman–Crippen LogP) is 3.48. The first-order valence-corrected chi connectivity index (χ1v) is 10.6. The lowest BCUT2D eigenvalue weighted by Crippen LogP contribution is -2.47. The molecule has 2 aliphatic heterocycles. The molecule has 1 aromatic carbocycles. The summed E-state index contributed by atoms with van der Waals surface area (Å²) in [6.45, 7) is 13.3. The van der Waals surface area contributed by atoms with Gasteiger partial charge in [-0.15, -0.1) is 0 Å². The molecule has 0 saturated carbocycles. The smallest absolute Gasteiger partial charge is 0.493 e. The zero-order valence-electron chi connectivity index (χ0n) is 18.4. The second-order valence-corrected chi connectivity index (χ2v) is 9.93. The minimum atomic E-state index is -0.468. The van der Waals surface area contributed by atoms with Crippen LogP contribution < -0.4 is 10.2 Å². The van der Waals surface area contributed by atoms with Crippen LogP contribution >= 0.6 is 0 Å². The molecule has 0 aromatic heterocycles. The van der Waals surface area contributed by atoms with Crippen molar-refractivity contribution < 1.29 is 23.6 Å². The van der Waals surface area contributed by atoms with Crippen molar-refractivity contribution in [2.24, 2.45) is 11.3 Å². The molecule has 0 N–H and O–H groups in total. The average molecular weight is 403 g/mol. The number of piperidine rings is 1. The van der Waals surface area contributed by atoms with Gasteiger partial charge in [-0.25, -0.2) is 4.79 Å². The Balaban J connectivity index is 1.47. The van der Waals surface area contributed by atoms with Crippen molar-refractivity contribution >= 4 is 18.7 Å². The van der Waals surface area contributed by atoms with Gasteiger partial charge in [0.15, 0.2) is 0 Å². The van der Waals surface area contributed by atoms with E-state index in [-0.39, 0.29) is 18.6 Å². The van der Waals surface area contributed by atoms with Gasteiger partial charge in [0.25, 0.3) is 0 Å². The fourth-order valence-electron chi connectivity index (χ4n) is 3.51. The predicted molar refractivity (Wildman–Crippen MR) is 114 cm³/mol. The second kappa shape index (κ2) is 8.96. The Labute approximate surface area is 175 Å². The highest BCUT2D eigenvalue weighted by Gasteiger charge is 2.33. The number of hydrogen-bond donors (Lipinski definition) is 0. The maximum absolute atomic E-state index is 12.3. The van der Waals surface area contributed by atoms with Gasteiger partial charge in [-0.05, 0) is 51.2 Å². The van der Waals surface area contributed by atoms with E-state index in [0.717, 1.165) is 30.6 Å². The first-order chi connectivity index (χ1) is 13.6. The Hall–Kier alpha value is -1.73. The van der Waals surface area contributed by atoms with Gasteiger partial charge in [0, 0.05) is 37.6 Å². The van der Waals surface area contributed by atoms with Crippen LogP contribution in [0.2, 0.25) is 0 Å². The van der Waals surface area contributed by atoms with Crippen molar-refractivity contribution in [2.45, 2.75) is 53.1 Å². The number of likely N-dealkylation sites (tertiary alicyclic amines) is 1. The van der Waals surface area contributed by atoms with Crippen LogP contribution in [-0.2, 0) is 14.0 Å². The zero-order chi connectivity index (χ0) is 21.1. The Bertz CT molecular complexity index is 675. The van der Waals surface area contributed by atoms with Gasteiger partial charge in [0.05, 0.1) is 6.61 Å². The topological polar surface area (TPSA) is 57.2 Å². The fraction of sp³-hybridized carbons (Fsp3) is 0.682. The van der Waals surface area contributed by atoms with Gasteiger partial charge in [0.2, 0.25) is 0 Å². The molecule has 2 heterocycles. The molecule has 2 aliphatic rings. The largest absolute Gasteiger partial charge is 0.493 e. The number of carbonyl (C=O) groups is 1. The molecule has 1 aromatic rings. The van der Waals surface area contributed by atoms with Crippen LogP contribution in [0.5, 0.6) is 5.75 Å². The van der Waals surface area contributed by atoms with Crippen LogP contribution in [0.3, 0.4) is 0 Å². The third-order valence-corrected chi connectivity index (χ3v) is 5.06. The maximum atomic E-state index is 12.3. The van der Waals surface area contributed by atoms with Gasteiger partial charge in [0.1, 0.15) is 11.4 Å². The Kier molecular flexibility index (Phi) is 6.79. The lowest BCUT2D eigenvalue weighted by molar-refractivity contribution is 0.0139. The second-order valence-electron chi connectivity index (χ2n) is 9.93. The number of nitrogens with zero attached hydrogens (tertiary/aromatic N) is 1. The molecule has 0 radical (unpaired) electrons. The van der Waals surface area contributed by atoms with E-state index in [1.54, 1.807) is 4.90 Å². The van der Waals surface area contributed by atoms with Crippen molar-refractivity contribution in [1.29, 1.82) is 0 Å². The van der Waals surface area contributed by atoms with E-state index in [9.17, 15) is 4.79 Å². The normalized spacial score (nSPS) is 22.3. The lowest BCUT2D eigenvalue weighted by atomic mass is 9.76. The Morgan fingerprint density at radius 2 is 1.86 bits per heavy atom. The molecular formula is C22H34BNO5. The highest BCUT2D eigenvalue weighted by Crippen LogP contribution is 2.23. The molecule has 3 rings (SSSR count). The van der Waals surface area contributed by atoms with Gasteiger partial charge < -0.3 is 23.7 Å². The Morgan fingerprint density at radius 1 is 1.21 bits per heavy atom. The molecule has 0 spiro atoms. The molecule has 0 aliphatic carbocycles. The molecular weight excluding hydrogens is 369 g/mol. The Morgan fingerprint density at radius 3 is 2.48 bits per heavy atom. The summed E-state index contributed by atoms with van der Waals surface area (Å²) in [5.74, 6) is 1.13. The minimum Gasteiger partial charge on any atom is -0.493 e. The van der Waals surface area contributed by atoms with E-state index in [1.165, 1.54) is 0 Å². The summed E-state index contributed by atoms with van der Waals surface area (Å²) in [6, 6.07) is 7.89. The highest BCUT2D eigenvalue weighted by molar-refractivity contribution is 6.61. The van der Waals surface area contributed by atoms with E-state index in [0.29, 0.717) is 32.3 Å². The molecule has 1 amide bonds. The molecule has 29 heavy (non-hydrogen) atoms. The summed E-state index contributed by atoms with van der Waals surface area (Å²) >= 11 is 0. The SMILES string of the molecule is CC1(C)COB(c2ccc(OCC3CCCN(C(=O)OC(C)(C)C)C3)cc2)OC1. The number of rotatable bonds is 4. The summed E-state index contributed by atoms with van der Waals surface area (Å²) < 4.78 is 23.1. The molecule has 6 nitrogen and oxygen atoms in total. The first kappa shape index (κ1) is 22.0. The van der Waals surface area contributed by atoms with Crippen LogP contribution in [0.25, 0.3) is 0 Å². The van der Waals surface area contributed by atoms with Crippen molar-refractivity contribution in [3.63, 3.8) is 0 Å². The van der Waals surface area contributed by atoms with Crippen LogP contribution in [0.15, 0.2) is 24.3 Å². The maximum Gasteiger partial charge on any atom is 0.493 e. The summed E-state index contributed by atoms with van der Waals surface area (Å²) in [6.07, 6.45) is 1.79. The third kappa shape index (κ3) is 6.64. The number of benzene rings is 1. The zero-order valence-corrected chi connectivity index (χ0v) is 18.4. The number of hydrogen-bond acceptors (Lipinski definition) is 5. The van der Waals surface area contributed by atoms with Gasteiger partial charge in [-0.1, -0.05) is 26.0 Å². The van der Waals surface area contributed by atoms with Crippen LogP contribution in [0, 0.1) is 11.3 Å². The van der Waals surface area contributed by atoms with E-state index in [4.69, 9.17) is 18.8 Å². The number of ether oxygens (including phenoxy) is 2. The van der Waals surface area contributed by atoms with Crippen molar-refractivity contribution in [3.8, 4) is 5.75 Å². The molecule has 160 valence electrons. The van der Waals surface area contributed by atoms with Gasteiger partial charge >= 0.3 is 13.2 Å². The first-order valence-electron chi connectivity index (χ1n) is 10.6. The molecule has 2 fully saturated rings. The molecule has 2 saturated heterocycles. The monoisotopic (exact) mass is 403 g/mol. The standard InChI is InChI=1S/C22H34BNO5/c1-21(2,3)29-20(25)24-12-6-7-17(13-24)14-26-19-10-8-18(9-11-19)23-27-15-22(4,5)16-28-23/h8-11,17H,6-7,12-16H2,1-5H3. The summed E-state index contributed by atoms with van der Waals surface area (Å²) in [5.41, 5.74) is 0.595. The summed E-state index contributed by atoms with van der Waals surface area (Å²) in [7, 11) is -0.308. The summed E-state index contributed by atoms with van der Waals surface area (Å²) in [4.78, 5) is 14.1. The van der Waals surface area contributed by atoms with Crippen molar-refractivity contribution in [1.82, 2.24) is 4.90 Å². The number of carbonyl (C=O) groups excluding carboxylic acids is 1. The summed E-state index contributed by atoms with van der Waals surface area (Å²) in [5, 5.41) is 0. The van der Waals surface area contributed by atoms with Gasteiger partial charge in [-0.3, -0.25) is 0 Å². The van der Waals surface area contributed by atoms with E-state index >= 15 is 0 Å². The average Bonchev–Trinajstić information content (AvgIpc) is 2.66. The lowest BCUT2D eigenvalue weighted by Gasteiger charge is -2.34. The van der Waals surface area contributed by atoms with Gasteiger partial charge in [-0.2, -0.15) is 0 Å². The van der Waals surface area contributed by atoms with Crippen LogP contribution in [0.4, 0.5) is 4.79 Å². The van der Waals surface area contributed by atoms with Crippen LogP contribution in [-0.4, -0.2) is 56.6 Å². The third-order valence-electron chi connectivity index (χ3n) is 5.06. The molecule has 0 bridgehead atoms. The molecule has 1 unspecified atom stereocenters.